The third kappa shape index (κ3) is 1.86. The van der Waals surface area contributed by atoms with Gasteiger partial charge < -0.3 is 14.6 Å². The molecule has 4 nitrogen and oxygen atoms in total. The van der Waals surface area contributed by atoms with Gasteiger partial charge in [-0.05, 0) is 24.6 Å². The van der Waals surface area contributed by atoms with Crippen LogP contribution in [0, 0.1) is 0 Å². The normalized spacial score (nSPS) is 17.2. The Bertz CT molecular complexity index is 490. The summed E-state index contributed by atoms with van der Waals surface area (Å²) in [4.78, 5) is 11.1. The van der Waals surface area contributed by atoms with Crippen molar-refractivity contribution in [3.63, 3.8) is 0 Å². The molecule has 1 N–H and O–H groups in total. The number of rotatable bonds is 3. The van der Waals surface area contributed by atoms with E-state index < -0.39 is 5.97 Å². The van der Waals surface area contributed by atoms with Gasteiger partial charge in [-0.15, -0.1) is 0 Å². The molecular formula is C13H14O4. The van der Waals surface area contributed by atoms with E-state index in [-0.39, 0.29) is 11.7 Å². The molecule has 1 aliphatic heterocycles. The summed E-state index contributed by atoms with van der Waals surface area (Å²) < 4.78 is 10.9. The fourth-order valence-corrected chi connectivity index (χ4v) is 1.97. The monoisotopic (exact) mass is 234 g/mol. The van der Waals surface area contributed by atoms with Crippen LogP contribution in [0.4, 0.5) is 0 Å². The zero-order valence-electron chi connectivity index (χ0n) is 9.82. The van der Waals surface area contributed by atoms with E-state index in [0.29, 0.717) is 17.9 Å². The van der Waals surface area contributed by atoms with Crippen molar-refractivity contribution in [3.8, 4) is 11.5 Å². The van der Waals surface area contributed by atoms with E-state index in [0.717, 1.165) is 11.1 Å². The maximum Gasteiger partial charge on any atom is 0.339 e. The molecule has 2 rings (SSSR count). The predicted octanol–water partition coefficient (Wildman–Crippen LogP) is 2.27. The number of carboxylic acids is 1. The van der Waals surface area contributed by atoms with Crippen LogP contribution in [0.25, 0.3) is 0 Å². The van der Waals surface area contributed by atoms with Crippen molar-refractivity contribution in [2.75, 3.05) is 7.11 Å². The van der Waals surface area contributed by atoms with Crippen LogP contribution < -0.4 is 9.47 Å². The molecule has 17 heavy (non-hydrogen) atoms. The molecule has 1 aromatic rings. The fraction of sp³-hybridized carbons (Fsp3) is 0.308. The summed E-state index contributed by atoms with van der Waals surface area (Å²) in [5.74, 6) is 0.0713. The minimum Gasteiger partial charge on any atom is -0.495 e. The van der Waals surface area contributed by atoms with Crippen molar-refractivity contribution >= 4 is 5.97 Å². The van der Waals surface area contributed by atoms with E-state index in [9.17, 15) is 4.79 Å². The molecule has 0 aromatic heterocycles. The largest absolute Gasteiger partial charge is 0.495 e. The summed E-state index contributed by atoms with van der Waals surface area (Å²) in [6.07, 6.45) is 0.512. The first kappa shape index (κ1) is 11.5. The average molecular weight is 234 g/mol. The Kier molecular flexibility index (Phi) is 2.79. The van der Waals surface area contributed by atoms with Crippen LogP contribution in [0.1, 0.15) is 22.8 Å². The highest BCUT2D eigenvalue weighted by Crippen LogP contribution is 2.39. The lowest BCUT2D eigenvalue weighted by Gasteiger charge is -2.09. The van der Waals surface area contributed by atoms with Crippen molar-refractivity contribution in [1.82, 2.24) is 0 Å². The van der Waals surface area contributed by atoms with E-state index in [1.54, 1.807) is 6.07 Å². The third-order valence-electron chi connectivity index (χ3n) is 2.86. The zero-order chi connectivity index (χ0) is 12.6. The Morgan fingerprint density at radius 3 is 2.82 bits per heavy atom. The Morgan fingerprint density at radius 1 is 1.59 bits per heavy atom. The van der Waals surface area contributed by atoms with Gasteiger partial charge in [0.25, 0.3) is 0 Å². The molecule has 0 saturated carbocycles. The molecule has 0 bridgehead atoms. The SMILES string of the molecule is C=C(C)[C@H]1Cc2c(ccc(C(=O)O)c2OC)O1. The quantitative estimate of drug-likeness (QED) is 0.815. The standard InChI is InChI=1S/C13H14O4/c1-7(2)11-6-9-10(17-11)5-4-8(13(14)15)12(9)16-3/h4-5,11H,1,6H2,2-3H3,(H,14,15)/t11-/m1/s1. The molecule has 1 atom stereocenters. The van der Waals surface area contributed by atoms with Crippen LogP contribution in [0.2, 0.25) is 0 Å². The number of hydrogen-bond donors (Lipinski definition) is 1. The molecule has 0 saturated heterocycles. The molecule has 0 spiro atoms. The van der Waals surface area contributed by atoms with Gasteiger partial charge in [0.05, 0.1) is 7.11 Å². The van der Waals surface area contributed by atoms with Gasteiger partial charge in [0.1, 0.15) is 23.2 Å². The predicted molar refractivity (Wildman–Crippen MR) is 62.9 cm³/mol. The minimum absolute atomic E-state index is 0.0945. The van der Waals surface area contributed by atoms with Gasteiger partial charge >= 0.3 is 5.97 Å². The van der Waals surface area contributed by atoms with E-state index in [4.69, 9.17) is 14.6 Å². The first-order valence-electron chi connectivity index (χ1n) is 5.29. The molecule has 0 radical (unpaired) electrons. The topological polar surface area (TPSA) is 55.8 Å². The molecule has 0 fully saturated rings. The summed E-state index contributed by atoms with van der Waals surface area (Å²) in [5.41, 5.74) is 1.89. The second-order valence-corrected chi connectivity index (χ2v) is 4.09. The number of benzene rings is 1. The summed E-state index contributed by atoms with van der Waals surface area (Å²) in [7, 11) is 1.47. The molecule has 1 aliphatic rings. The van der Waals surface area contributed by atoms with E-state index >= 15 is 0 Å². The van der Waals surface area contributed by atoms with Crippen molar-refractivity contribution < 1.29 is 19.4 Å². The number of hydrogen-bond acceptors (Lipinski definition) is 3. The van der Waals surface area contributed by atoms with Crippen LogP contribution in [0.5, 0.6) is 11.5 Å². The molecule has 90 valence electrons. The van der Waals surface area contributed by atoms with Gasteiger partial charge in [0.15, 0.2) is 0 Å². The van der Waals surface area contributed by atoms with Gasteiger partial charge in [0, 0.05) is 12.0 Å². The molecule has 0 aliphatic carbocycles. The summed E-state index contributed by atoms with van der Waals surface area (Å²) >= 11 is 0. The number of methoxy groups -OCH3 is 1. The Labute approximate surface area is 99.5 Å². The van der Waals surface area contributed by atoms with Crippen LogP contribution >= 0.6 is 0 Å². The van der Waals surface area contributed by atoms with Gasteiger partial charge in [-0.3, -0.25) is 0 Å². The van der Waals surface area contributed by atoms with Gasteiger partial charge in [-0.25, -0.2) is 4.79 Å². The van der Waals surface area contributed by atoms with E-state index in [1.807, 2.05) is 6.92 Å². The Hall–Kier alpha value is -1.97. The molecular weight excluding hydrogens is 220 g/mol. The minimum atomic E-state index is -0.997. The number of carboxylic acid groups (broad SMARTS) is 1. The first-order chi connectivity index (χ1) is 8.04. The second kappa shape index (κ2) is 4.13. The number of aromatic carboxylic acids is 1. The van der Waals surface area contributed by atoms with Crippen LogP contribution in [-0.4, -0.2) is 24.3 Å². The highest BCUT2D eigenvalue weighted by Gasteiger charge is 2.29. The Balaban J connectivity index is 2.48. The molecule has 1 heterocycles. The maximum absolute atomic E-state index is 11.1. The van der Waals surface area contributed by atoms with Gasteiger partial charge in [-0.2, -0.15) is 0 Å². The van der Waals surface area contributed by atoms with Gasteiger partial charge in [0.2, 0.25) is 0 Å². The highest BCUT2D eigenvalue weighted by molar-refractivity contribution is 5.92. The van der Waals surface area contributed by atoms with Crippen molar-refractivity contribution in [1.29, 1.82) is 0 Å². The van der Waals surface area contributed by atoms with Gasteiger partial charge in [-0.1, -0.05) is 6.58 Å². The van der Waals surface area contributed by atoms with Crippen molar-refractivity contribution in [2.45, 2.75) is 19.4 Å². The molecule has 0 amide bonds. The van der Waals surface area contributed by atoms with E-state index in [1.165, 1.54) is 13.2 Å². The van der Waals surface area contributed by atoms with Crippen LogP contribution in [0.3, 0.4) is 0 Å². The highest BCUT2D eigenvalue weighted by atomic mass is 16.5. The second-order valence-electron chi connectivity index (χ2n) is 4.09. The first-order valence-corrected chi connectivity index (χ1v) is 5.29. The zero-order valence-corrected chi connectivity index (χ0v) is 9.82. The number of ether oxygens (including phenoxy) is 2. The van der Waals surface area contributed by atoms with Crippen molar-refractivity contribution in [2.24, 2.45) is 0 Å². The summed E-state index contributed by atoms with van der Waals surface area (Å²) in [6, 6.07) is 3.17. The van der Waals surface area contributed by atoms with Crippen molar-refractivity contribution in [3.05, 3.63) is 35.4 Å². The number of fused-ring (bicyclic) bond motifs is 1. The Morgan fingerprint density at radius 2 is 2.29 bits per heavy atom. The fourth-order valence-electron chi connectivity index (χ4n) is 1.97. The molecule has 4 heteroatoms. The average Bonchev–Trinajstić information content (AvgIpc) is 2.70. The maximum atomic E-state index is 11.1. The van der Waals surface area contributed by atoms with Crippen LogP contribution in [-0.2, 0) is 6.42 Å². The molecule has 1 aromatic carbocycles. The lowest BCUT2D eigenvalue weighted by Crippen LogP contribution is -2.13. The molecule has 0 unspecified atom stereocenters. The smallest absolute Gasteiger partial charge is 0.339 e. The summed E-state index contributed by atoms with van der Waals surface area (Å²) in [6.45, 7) is 5.74. The summed E-state index contributed by atoms with van der Waals surface area (Å²) in [5, 5.41) is 9.06. The number of carbonyl (C=O) groups is 1. The third-order valence-corrected chi connectivity index (χ3v) is 2.86. The lowest BCUT2D eigenvalue weighted by atomic mass is 10.0. The van der Waals surface area contributed by atoms with E-state index in [2.05, 4.69) is 6.58 Å². The van der Waals surface area contributed by atoms with Crippen LogP contribution in [0.15, 0.2) is 24.3 Å². The lowest BCUT2D eigenvalue weighted by molar-refractivity contribution is 0.0693.